The number of rotatable bonds is 6. The minimum atomic E-state index is 0.433. The monoisotopic (exact) mass is 337 g/mol. The summed E-state index contributed by atoms with van der Waals surface area (Å²) < 4.78 is 1.17. The van der Waals surface area contributed by atoms with Crippen molar-refractivity contribution in [2.24, 2.45) is 11.3 Å². The Balaban J connectivity index is 2.26. The summed E-state index contributed by atoms with van der Waals surface area (Å²) in [5.41, 5.74) is 1.95. The highest BCUT2D eigenvalue weighted by Crippen LogP contribution is 2.60. The van der Waals surface area contributed by atoms with Crippen molar-refractivity contribution >= 4 is 15.9 Å². The quantitative estimate of drug-likeness (QED) is 0.736. The van der Waals surface area contributed by atoms with Gasteiger partial charge in [0.05, 0.1) is 0 Å². The molecule has 1 aromatic carbocycles. The summed E-state index contributed by atoms with van der Waals surface area (Å²) >= 11 is 3.55. The summed E-state index contributed by atoms with van der Waals surface area (Å²) in [5, 5.41) is 3.81. The van der Waals surface area contributed by atoms with Gasteiger partial charge in [0, 0.05) is 10.5 Å². The van der Waals surface area contributed by atoms with Gasteiger partial charge in [-0.1, -0.05) is 55.8 Å². The fourth-order valence-corrected chi connectivity index (χ4v) is 4.70. The number of hydrogen-bond donors (Lipinski definition) is 1. The highest BCUT2D eigenvalue weighted by Gasteiger charge is 2.57. The zero-order valence-corrected chi connectivity index (χ0v) is 14.8. The van der Waals surface area contributed by atoms with Crippen molar-refractivity contribution in [1.29, 1.82) is 0 Å². The maximum Gasteiger partial charge on any atom is 0.0175 e. The Bertz CT molecular complexity index is 422. The van der Waals surface area contributed by atoms with Crippen LogP contribution in [0, 0.1) is 11.3 Å². The smallest absolute Gasteiger partial charge is 0.0175 e. The van der Waals surface area contributed by atoms with Gasteiger partial charge < -0.3 is 5.32 Å². The van der Waals surface area contributed by atoms with Crippen LogP contribution in [-0.4, -0.2) is 12.6 Å². The second-order valence-corrected chi connectivity index (χ2v) is 7.18. The highest BCUT2D eigenvalue weighted by atomic mass is 79.9. The molecule has 3 unspecified atom stereocenters. The molecule has 0 saturated heterocycles. The van der Waals surface area contributed by atoms with Crippen molar-refractivity contribution in [2.75, 3.05) is 6.54 Å². The molecule has 0 spiro atoms. The van der Waals surface area contributed by atoms with E-state index in [9.17, 15) is 0 Å². The third-order valence-electron chi connectivity index (χ3n) is 5.45. The lowest BCUT2D eigenvalue weighted by Gasteiger charge is -2.61. The van der Waals surface area contributed by atoms with Gasteiger partial charge in [-0.15, -0.1) is 0 Å². The molecule has 3 atom stereocenters. The van der Waals surface area contributed by atoms with Gasteiger partial charge in [-0.25, -0.2) is 0 Å². The lowest BCUT2D eigenvalue weighted by Crippen LogP contribution is -2.64. The van der Waals surface area contributed by atoms with Crippen LogP contribution in [0.1, 0.15) is 58.4 Å². The maximum atomic E-state index is 3.81. The second-order valence-electron chi connectivity index (χ2n) is 6.26. The number of benzene rings is 1. The van der Waals surface area contributed by atoms with Crippen molar-refractivity contribution in [3.05, 3.63) is 34.3 Å². The van der Waals surface area contributed by atoms with E-state index < -0.39 is 0 Å². The lowest BCUT2D eigenvalue weighted by molar-refractivity contribution is -0.0393. The Hall–Kier alpha value is -0.340. The summed E-state index contributed by atoms with van der Waals surface area (Å²) in [7, 11) is 0. The average Bonchev–Trinajstić information content (AvgIpc) is 2.46. The van der Waals surface area contributed by atoms with Crippen LogP contribution in [0.5, 0.6) is 0 Å². The molecule has 0 aromatic heterocycles. The van der Waals surface area contributed by atoms with E-state index in [-0.39, 0.29) is 0 Å². The molecule has 1 fully saturated rings. The van der Waals surface area contributed by atoms with Gasteiger partial charge in [-0.05, 0) is 60.8 Å². The van der Waals surface area contributed by atoms with Crippen LogP contribution in [-0.2, 0) is 0 Å². The zero-order valence-electron chi connectivity index (χ0n) is 13.2. The van der Waals surface area contributed by atoms with E-state index in [1.807, 2.05) is 0 Å². The van der Waals surface area contributed by atoms with Gasteiger partial charge in [0.15, 0.2) is 0 Å². The van der Waals surface area contributed by atoms with Gasteiger partial charge in [0.25, 0.3) is 0 Å². The van der Waals surface area contributed by atoms with E-state index in [2.05, 4.69) is 73.2 Å². The zero-order chi connectivity index (χ0) is 14.8. The first kappa shape index (κ1) is 16.0. The molecule has 112 valence electrons. The molecule has 2 heteroatoms. The van der Waals surface area contributed by atoms with E-state index in [0.717, 1.165) is 12.5 Å². The number of nitrogens with one attached hydrogen (secondary N) is 1. The fraction of sp³-hybridized carbons (Fsp3) is 0.667. The first-order valence-electron chi connectivity index (χ1n) is 8.09. The van der Waals surface area contributed by atoms with Gasteiger partial charge in [0.1, 0.15) is 0 Å². The summed E-state index contributed by atoms with van der Waals surface area (Å²) in [4.78, 5) is 0. The van der Waals surface area contributed by atoms with Crippen LogP contribution in [0.15, 0.2) is 28.7 Å². The third kappa shape index (κ3) is 2.57. The first-order chi connectivity index (χ1) is 9.60. The van der Waals surface area contributed by atoms with Crippen molar-refractivity contribution in [2.45, 2.75) is 58.9 Å². The van der Waals surface area contributed by atoms with Gasteiger partial charge >= 0.3 is 0 Å². The first-order valence-corrected chi connectivity index (χ1v) is 8.88. The molecular weight excluding hydrogens is 310 g/mol. The summed E-state index contributed by atoms with van der Waals surface area (Å²) in [6.07, 6.45) is 3.74. The van der Waals surface area contributed by atoms with Crippen LogP contribution in [0.4, 0.5) is 0 Å². The largest absolute Gasteiger partial charge is 0.313 e. The topological polar surface area (TPSA) is 12.0 Å². The molecule has 1 aliphatic carbocycles. The Morgan fingerprint density at radius 1 is 1.10 bits per heavy atom. The maximum absolute atomic E-state index is 3.81. The molecule has 2 rings (SSSR count). The molecule has 1 N–H and O–H groups in total. The molecule has 20 heavy (non-hydrogen) atoms. The third-order valence-corrected chi connectivity index (χ3v) is 5.98. The SMILES string of the molecule is CCCNC1C(C)C(c2ccc(Br)cc2)C1(CC)CC. The Morgan fingerprint density at radius 3 is 2.20 bits per heavy atom. The predicted octanol–water partition coefficient (Wildman–Crippen LogP) is 5.36. The van der Waals surface area contributed by atoms with Crippen LogP contribution < -0.4 is 5.32 Å². The fourth-order valence-electron chi connectivity index (χ4n) is 4.44. The molecule has 1 nitrogen and oxygen atoms in total. The number of halogens is 1. The van der Waals surface area contributed by atoms with Gasteiger partial charge in [-0.2, -0.15) is 0 Å². The normalized spacial score (nSPS) is 28.1. The van der Waals surface area contributed by atoms with E-state index in [4.69, 9.17) is 0 Å². The minimum absolute atomic E-state index is 0.433. The average molecular weight is 338 g/mol. The van der Waals surface area contributed by atoms with E-state index in [1.165, 1.54) is 29.3 Å². The van der Waals surface area contributed by atoms with Crippen LogP contribution >= 0.6 is 15.9 Å². The minimum Gasteiger partial charge on any atom is -0.313 e. The predicted molar refractivity (Wildman–Crippen MR) is 91.1 cm³/mol. The highest BCUT2D eigenvalue weighted by molar-refractivity contribution is 9.10. The van der Waals surface area contributed by atoms with Crippen LogP contribution in [0.3, 0.4) is 0 Å². The standard InChI is InChI=1S/C18H28BrN/c1-5-12-20-17-13(4)16(18(17,6-2)7-3)14-8-10-15(19)11-9-14/h8-11,13,16-17,20H,5-7,12H2,1-4H3. The van der Waals surface area contributed by atoms with E-state index in [1.54, 1.807) is 0 Å². The van der Waals surface area contributed by atoms with Crippen molar-refractivity contribution in [1.82, 2.24) is 5.32 Å². The molecule has 0 bridgehead atoms. The van der Waals surface area contributed by atoms with Crippen molar-refractivity contribution < 1.29 is 0 Å². The summed E-state index contributed by atoms with van der Waals surface area (Å²) in [6.45, 7) is 10.5. The molecule has 0 radical (unpaired) electrons. The summed E-state index contributed by atoms with van der Waals surface area (Å²) in [5.74, 6) is 1.42. The molecule has 0 amide bonds. The van der Waals surface area contributed by atoms with E-state index >= 15 is 0 Å². The van der Waals surface area contributed by atoms with Crippen molar-refractivity contribution in [3.63, 3.8) is 0 Å². The van der Waals surface area contributed by atoms with Gasteiger partial charge in [-0.3, -0.25) is 0 Å². The lowest BCUT2D eigenvalue weighted by atomic mass is 9.46. The molecule has 1 aliphatic rings. The molecule has 0 heterocycles. The Kier molecular flexibility index (Phi) is 5.30. The molecular formula is C18H28BrN. The molecule has 1 aromatic rings. The van der Waals surface area contributed by atoms with Crippen molar-refractivity contribution in [3.8, 4) is 0 Å². The number of hydrogen-bond acceptors (Lipinski definition) is 1. The Labute approximate surface area is 132 Å². The second kappa shape index (κ2) is 6.62. The van der Waals surface area contributed by atoms with E-state index in [0.29, 0.717) is 17.4 Å². The van der Waals surface area contributed by atoms with Crippen LogP contribution in [0.25, 0.3) is 0 Å². The van der Waals surface area contributed by atoms with Gasteiger partial charge in [0.2, 0.25) is 0 Å². The molecule has 1 saturated carbocycles. The van der Waals surface area contributed by atoms with Crippen LogP contribution in [0.2, 0.25) is 0 Å². The summed E-state index contributed by atoms with van der Waals surface area (Å²) in [6, 6.07) is 9.66. The molecule has 0 aliphatic heterocycles. The Morgan fingerprint density at radius 2 is 1.70 bits per heavy atom.